The highest BCUT2D eigenvalue weighted by atomic mass is 16.5. The Morgan fingerprint density at radius 2 is 1.94 bits per heavy atom. The van der Waals surface area contributed by atoms with Crippen molar-refractivity contribution < 1.29 is 14.6 Å². The number of aromatic hydroxyl groups is 1. The van der Waals surface area contributed by atoms with Gasteiger partial charge in [-0.25, -0.2) is 4.79 Å². The fraction of sp³-hybridized carbons (Fsp3) is 0.214. The van der Waals surface area contributed by atoms with Gasteiger partial charge in [-0.15, -0.1) is 0 Å². The third-order valence-corrected chi connectivity index (χ3v) is 2.85. The number of phenolic OH excluding ortho intramolecular Hbond substituents is 1. The number of carbonyl (C=O) groups excluding carboxylic acids is 1. The first-order valence-electron chi connectivity index (χ1n) is 5.55. The van der Waals surface area contributed by atoms with Crippen LogP contribution in [0.2, 0.25) is 0 Å². The van der Waals surface area contributed by atoms with Gasteiger partial charge in [0.25, 0.3) is 0 Å². The van der Waals surface area contributed by atoms with Gasteiger partial charge in [-0.3, -0.25) is 0 Å². The molecule has 2 aromatic rings. The van der Waals surface area contributed by atoms with Crippen LogP contribution in [0.5, 0.6) is 5.75 Å². The molecule has 0 aliphatic carbocycles. The van der Waals surface area contributed by atoms with Crippen molar-refractivity contribution in [3.05, 3.63) is 35.9 Å². The summed E-state index contributed by atoms with van der Waals surface area (Å²) < 4.78 is 4.64. The number of ether oxygens (including phenoxy) is 1. The lowest BCUT2D eigenvalue weighted by Crippen LogP contribution is -2.08. The molecular formula is C14H15NO3. The number of rotatable bonds is 2. The SMILES string of the molecule is COC(=O)c1cc(O)c2cc(N(C)C)ccc2c1. The van der Waals surface area contributed by atoms with Crippen molar-refractivity contribution in [1.29, 1.82) is 0 Å². The maximum Gasteiger partial charge on any atom is 0.338 e. The maximum atomic E-state index is 11.4. The van der Waals surface area contributed by atoms with E-state index in [0.29, 0.717) is 10.9 Å². The van der Waals surface area contributed by atoms with Crippen molar-refractivity contribution in [1.82, 2.24) is 0 Å². The van der Waals surface area contributed by atoms with Crippen molar-refractivity contribution in [2.24, 2.45) is 0 Å². The summed E-state index contributed by atoms with van der Waals surface area (Å²) in [6.07, 6.45) is 0. The number of fused-ring (bicyclic) bond motifs is 1. The highest BCUT2D eigenvalue weighted by molar-refractivity contribution is 5.99. The van der Waals surface area contributed by atoms with Crippen LogP contribution in [0.4, 0.5) is 5.69 Å². The van der Waals surface area contributed by atoms with Crippen LogP contribution in [0.3, 0.4) is 0 Å². The van der Waals surface area contributed by atoms with Crippen molar-refractivity contribution in [2.45, 2.75) is 0 Å². The summed E-state index contributed by atoms with van der Waals surface area (Å²) in [5.74, 6) is -0.375. The molecule has 4 nitrogen and oxygen atoms in total. The number of phenols is 1. The number of benzene rings is 2. The Kier molecular flexibility index (Phi) is 3.10. The van der Waals surface area contributed by atoms with Crippen molar-refractivity contribution in [3.8, 4) is 5.75 Å². The van der Waals surface area contributed by atoms with Gasteiger partial charge in [-0.2, -0.15) is 0 Å². The summed E-state index contributed by atoms with van der Waals surface area (Å²) in [4.78, 5) is 13.4. The van der Waals surface area contributed by atoms with Gasteiger partial charge in [0.2, 0.25) is 0 Å². The largest absolute Gasteiger partial charge is 0.507 e. The van der Waals surface area contributed by atoms with E-state index in [9.17, 15) is 9.90 Å². The molecule has 94 valence electrons. The Balaban J connectivity index is 2.62. The van der Waals surface area contributed by atoms with E-state index < -0.39 is 5.97 Å². The predicted molar refractivity (Wildman–Crippen MR) is 71.3 cm³/mol. The Morgan fingerprint density at radius 3 is 2.56 bits per heavy atom. The Morgan fingerprint density at radius 1 is 1.22 bits per heavy atom. The Labute approximate surface area is 105 Å². The summed E-state index contributed by atoms with van der Waals surface area (Å²) in [6, 6.07) is 8.82. The number of anilines is 1. The zero-order valence-electron chi connectivity index (χ0n) is 10.6. The maximum absolute atomic E-state index is 11.4. The number of methoxy groups -OCH3 is 1. The minimum atomic E-state index is -0.455. The van der Waals surface area contributed by atoms with Gasteiger partial charge in [0.05, 0.1) is 12.7 Å². The standard InChI is InChI=1S/C14H15NO3/c1-15(2)11-5-4-9-6-10(14(17)18-3)7-13(16)12(9)8-11/h4-8,16H,1-3H3. The molecule has 0 aliphatic heterocycles. The van der Waals surface area contributed by atoms with Gasteiger partial charge in [-0.05, 0) is 29.7 Å². The molecule has 0 spiro atoms. The molecule has 0 fully saturated rings. The number of esters is 1. The van der Waals surface area contributed by atoms with E-state index >= 15 is 0 Å². The van der Waals surface area contributed by atoms with E-state index in [1.54, 1.807) is 6.07 Å². The molecule has 0 atom stereocenters. The molecule has 0 aromatic heterocycles. The summed E-state index contributed by atoms with van der Waals surface area (Å²) in [6.45, 7) is 0. The second-order valence-corrected chi connectivity index (χ2v) is 4.29. The molecule has 0 bridgehead atoms. The lowest BCUT2D eigenvalue weighted by Gasteiger charge is -2.14. The van der Waals surface area contributed by atoms with E-state index in [1.165, 1.54) is 13.2 Å². The highest BCUT2D eigenvalue weighted by Gasteiger charge is 2.10. The summed E-state index contributed by atoms with van der Waals surface area (Å²) in [7, 11) is 5.18. The van der Waals surface area contributed by atoms with Crippen LogP contribution < -0.4 is 4.90 Å². The third kappa shape index (κ3) is 2.09. The van der Waals surface area contributed by atoms with Gasteiger partial charge in [0.1, 0.15) is 5.75 Å². The Hall–Kier alpha value is -2.23. The lowest BCUT2D eigenvalue weighted by atomic mass is 10.0. The van der Waals surface area contributed by atoms with Gasteiger partial charge in [0.15, 0.2) is 0 Å². The second kappa shape index (κ2) is 4.56. The van der Waals surface area contributed by atoms with E-state index in [4.69, 9.17) is 0 Å². The van der Waals surface area contributed by atoms with Crippen LogP contribution in [0, 0.1) is 0 Å². The van der Waals surface area contributed by atoms with Crippen LogP contribution in [-0.4, -0.2) is 32.3 Å². The average molecular weight is 245 g/mol. The average Bonchev–Trinajstić information content (AvgIpc) is 2.37. The van der Waals surface area contributed by atoms with Crippen LogP contribution >= 0.6 is 0 Å². The van der Waals surface area contributed by atoms with E-state index in [0.717, 1.165) is 11.1 Å². The second-order valence-electron chi connectivity index (χ2n) is 4.29. The molecule has 18 heavy (non-hydrogen) atoms. The first-order chi connectivity index (χ1) is 8.52. The van der Waals surface area contributed by atoms with Crippen molar-refractivity contribution >= 4 is 22.4 Å². The number of carbonyl (C=O) groups is 1. The first kappa shape index (κ1) is 12.2. The summed E-state index contributed by atoms with van der Waals surface area (Å²) in [5, 5.41) is 11.5. The van der Waals surface area contributed by atoms with Gasteiger partial charge < -0.3 is 14.7 Å². The molecule has 0 heterocycles. The third-order valence-electron chi connectivity index (χ3n) is 2.85. The van der Waals surface area contributed by atoms with Crippen LogP contribution in [0.15, 0.2) is 30.3 Å². The smallest absolute Gasteiger partial charge is 0.338 e. The molecule has 2 aromatic carbocycles. The summed E-state index contributed by atoms with van der Waals surface area (Å²) >= 11 is 0. The number of nitrogens with zero attached hydrogens (tertiary/aromatic N) is 1. The molecule has 4 heteroatoms. The molecular weight excluding hydrogens is 230 g/mol. The minimum Gasteiger partial charge on any atom is -0.507 e. The van der Waals surface area contributed by atoms with Crippen molar-refractivity contribution in [3.63, 3.8) is 0 Å². The molecule has 1 N–H and O–H groups in total. The zero-order chi connectivity index (χ0) is 13.3. The first-order valence-corrected chi connectivity index (χ1v) is 5.55. The van der Waals surface area contributed by atoms with Crippen LogP contribution in [0.25, 0.3) is 10.8 Å². The van der Waals surface area contributed by atoms with Crippen LogP contribution in [-0.2, 0) is 4.74 Å². The fourth-order valence-corrected chi connectivity index (χ4v) is 1.84. The van der Waals surface area contributed by atoms with Crippen molar-refractivity contribution in [2.75, 3.05) is 26.1 Å². The normalized spacial score (nSPS) is 10.4. The van der Waals surface area contributed by atoms with Gasteiger partial charge >= 0.3 is 5.97 Å². The van der Waals surface area contributed by atoms with Crippen LogP contribution in [0.1, 0.15) is 10.4 Å². The topological polar surface area (TPSA) is 49.8 Å². The lowest BCUT2D eigenvalue weighted by molar-refractivity contribution is 0.0600. The number of hydrogen-bond donors (Lipinski definition) is 1. The molecule has 0 amide bonds. The minimum absolute atomic E-state index is 0.0802. The summed E-state index contributed by atoms with van der Waals surface area (Å²) in [5.41, 5.74) is 1.34. The van der Waals surface area contributed by atoms with E-state index in [1.807, 2.05) is 37.2 Å². The van der Waals surface area contributed by atoms with E-state index in [2.05, 4.69) is 4.74 Å². The van der Waals surface area contributed by atoms with Gasteiger partial charge in [0, 0.05) is 25.2 Å². The molecule has 2 rings (SSSR count). The van der Waals surface area contributed by atoms with E-state index in [-0.39, 0.29) is 5.75 Å². The molecule has 0 aliphatic rings. The molecule has 0 saturated heterocycles. The molecule has 0 saturated carbocycles. The Bertz CT molecular complexity index is 605. The molecule has 0 radical (unpaired) electrons. The zero-order valence-corrected chi connectivity index (χ0v) is 10.6. The predicted octanol–water partition coefficient (Wildman–Crippen LogP) is 2.40. The number of hydrogen-bond acceptors (Lipinski definition) is 4. The fourth-order valence-electron chi connectivity index (χ4n) is 1.84. The highest BCUT2D eigenvalue weighted by Crippen LogP contribution is 2.30. The van der Waals surface area contributed by atoms with Gasteiger partial charge in [-0.1, -0.05) is 6.07 Å². The molecule has 0 unspecified atom stereocenters. The monoisotopic (exact) mass is 245 g/mol. The quantitative estimate of drug-likeness (QED) is 0.825.